The number of carbonyl (C=O) groups excluding carboxylic acids is 2. The molecule has 0 spiro atoms. The van der Waals surface area contributed by atoms with E-state index in [0.717, 1.165) is 12.2 Å². The fraction of sp³-hybridized carbons (Fsp3) is 0.200. The first kappa shape index (κ1) is 17.7. The number of hydrogen-bond acceptors (Lipinski definition) is 5. The lowest BCUT2D eigenvalue weighted by Crippen LogP contribution is -2.15. The minimum Gasteiger partial charge on any atom is -0.492 e. The summed E-state index contributed by atoms with van der Waals surface area (Å²) >= 11 is 5.76. The van der Waals surface area contributed by atoms with Crippen molar-refractivity contribution in [2.45, 2.75) is 6.92 Å². The number of carbonyl (C=O) groups is 2. The van der Waals surface area contributed by atoms with Gasteiger partial charge in [-0.05, 0) is 25.1 Å². The maximum atomic E-state index is 14.0. The molecular weight excluding hydrogens is 313 g/mol. The topological polar surface area (TPSA) is 78.6 Å². The van der Waals surface area contributed by atoms with Gasteiger partial charge in [-0.1, -0.05) is 17.7 Å². The lowest BCUT2D eigenvalue weighted by atomic mass is 10.1. The van der Waals surface area contributed by atoms with Crippen molar-refractivity contribution in [3.8, 4) is 5.75 Å². The number of halogens is 2. The van der Waals surface area contributed by atoms with Crippen molar-refractivity contribution in [2.24, 2.45) is 5.73 Å². The van der Waals surface area contributed by atoms with E-state index >= 15 is 0 Å². The number of esters is 1. The van der Waals surface area contributed by atoms with E-state index in [9.17, 15) is 14.0 Å². The quantitative estimate of drug-likeness (QED) is 0.641. The molecule has 1 aromatic rings. The van der Waals surface area contributed by atoms with E-state index in [2.05, 4.69) is 4.74 Å². The van der Waals surface area contributed by atoms with Crippen LogP contribution in [0, 0.1) is 5.82 Å². The summed E-state index contributed by atoms with van der Waals surface area (Å²) in [5, 5.41) is 0.120. The van der Waals surface area contributed by atoms with Crippen LogP contribution in [-0.2, 0) is 14.3 Å². The summed E-state index contributed by atoms with van der Waals surface area (Å²) in [4.78, 5) is 22.9. The lowest BCUT2D eigenvalue weighted by molar-refractivity contribution is -0.138. The Bertz CT molecular complexity index is 641. The van der Waals surface area contributed by atoms with Crippen molar-refractivity contribution in [3.63, 3.8) is 0 Å². The Morgan fingerprint density at radius 2 is 2.09 bits per heavy atom. The molecule has 2 N–H and O–H groups in total. The number of allylic oxidation sites excluding steroid dienone is 2. The Balaban J connectivity index is 2.91. The van der Waals surface area contributed by atoms with E-state index in [-0.39, 0.29) is 28.6 Å². The van der Waals surface area contributed by atoms with Crippen LogP contribution in [0.2, 0.25) is 5.02 Å². The van der Waals surface area contributed by atoms with Crippen molar-refractivity contribution in [2.75, 3.05) is 13.7 Å². The predicted molar refractivity (Wildman–Crippen MR) is 80.9 cm³/mol. The van der Waals surface area contributed by atoms with Gasteiger partial charge in [0, 0.05) is 11.6 Å². The first-order chi connectivity index (χ1) is 10.4. The molecule has 0 amide bonds. The normalized spacial score (nSPS) is 11.5. The molecule has 0 unspecified atom stereocenters. The molecule has 1 rings (SSSR count). The molecule has 0 bridgehead atoms. The maximum Gasteiger partial charge on any atom is 0.354 e. The van der Waals surface area contributed by atoms with Gasteiger partial charge < -0.3 is 15.2 Å². The Morgan fingerprint density at radius 3 is 2.68 bits per heavy atom. The number of benzene rings is 1. The number of ether oxygens (including phenoxy) is 2. The highest BCUT2D eigenvalue weighted by atomic mass is 35.5. The summed E-state index contributed by atoms with van der Waals surface area (Å²) in [5.74, 6) is -2.18. The Kier molecular flexibility index (Phi) is 6.59. The summed E-state index contributed by atoms with van der Waals surface area (Å²) in [5.41, 5.74) is 5.17. The zero-order valence-corrected chi connectivity index (χ0v) is 12.8. The Labute approximate surface area is 132 Å². The molecule has 0 aliphatic rings. The highest BCUT2D eigenvalue weighted by Gasteiger charge is 2.11. The first-order valence-corrected chi connectivity index (χ1v) is 6.66. The monoisotopic (exact) mass is 327 g/mol. The van der Waals surface area contributed by atoms with Crippen LogP contribution >= 0.6 is 11.6 Å². The fourth-order valence-corrected chi connectivity index (χ4v) is 1.73. The van der Waals surface area contributed by atoms with E-state index < -0.39 is 17.6 Å². The van der Waals surface area contributed by atoms with Crippen LogP contribution in [0.25, 0.3) is 6.08 Å². The van der Waals surface area contributed by atoms with Gasteiger partial charge in [-0.3, -0.25) is 4.79 Å². The molecule has 0 heterocycles. The third-order valence-corrected chi connectivity index (χ3v) is 2.82. The van der Waals surface area contributed by atoms with Gasteiger partial charge in [-0.25, -0.2) is 9.18 Å². The van der Waals surface area contributed by atoms with Crippen molar-refractivity contribution >= 4 is 29.4 Å². The molecule has 22 heavy (non-hydrogen) atoms. The highest BCUT2D eigenvalue weighted by Crippen LogP contribution is 2.30. The fourth-order valence-electron chi connectivity index (χ4n) is 1.51. The van der Waals surface area contributed by atoms with Gasteiger partial charge >= 0.3 is 5.97 Å². The minimum absolute atomic E-state index is 0.109. The highest BCUT2D eigenvalue weighted by molar-refractivity contribution is 6.32. The zero-order chi connectivity index (χ0) is 16.7. The smallest absolute Gasteiger partial charge is 0.354 e. The molecule has 5 nitrogen and oxygen atoms in total. The van der Waals surface area contributed by atoms with E-state index in [1.54, 1.807) is 6.92 Å². The third kappa shape index (κ3) is 4.60. The molecular formula is C15H15ClFNO4. The summed E-state index contributed by atoms with van der Waals surface area (Å²) in [7, 11) is 1.28. The van der Waals surface area contributed by atoms with E-state index in [4.69, 9.17) is 22.1 Å². The average Bonchev–Trinajstić information content (AvgIpc) is 2.47. The second-order valence-corrected chi connectivity index (χ2v) is 4.45. The van der Waals surface area contributed by atoms with Gasteiger partial charge in [0.1, 0.15) is 5.70 Å². The number of hydrogen-bond donors (Lipinski definition) is 1. The lowest BCUT2D eigenvalue weighted by Gasteiger charge is -2.06. The predicted octanol–water partition coefficient (Wildman–Crippen LogP) is 2.48. The molecule has 118 valence electrons. The van der Waals surface area contributed by atoms with Crippen molar-refractivity contribution < 1.29 is 23.5 Å². The molecule has 7 heteroatoms. The van der Waals surface area contributed by atoms with Crippen LogP contribution in [0.15, 0.2) is 30.0 Å². The molecule has 0 radical (unpaired) electrons. The molecule has 0 saturated carbocycles. The summed E-state index contributed by atoms with van der Waals surface area (Å²) in [6.07, 6.45) is 3.20. The molecule has 0 fully saturated rings. The molecule has 0 aliphatic carbocycles. The first-order valence-electron chi connectivity index (χ1n) is 6.29. The van der Waals surface area contributed by atoms with Gasteiger partial charge in [-0.15, -0.1) is 0 Å². The maximum absolute atomic E-state index is 14.0. The zero-order valence-electron chi connectivity index (χ0n) is 12.1. The van der Waals surface area contributed by atoms with Gasteiger partial charge in [-0.2, -0.15) is 0 Å². The van der Waals surface area contributed by atoms with E-state index in [1.807, 2.05) is 0 Å². The molecule has 0 aromatic heterocycles. The number of rotatable bonds is 6. The van der Waals surface area contributed by atoms with Crippen molar-refractivity contribution in [1.82, 2.24) is 0 Å². The Morgan fingerprint density at radius 1 is 1.41 bits per heavy atom. The van der Waals surface area contributed by atoms with Gasteiger partial charge in [0.15, 0.2) is 17.3 Å². The molecule has 0 aliphatic heterocycles. The summed E-state index contributed by atoms with van der Waals surface area (Å²) in [6.45, 7) is 1.76. The average molecular weight is 328 g/mol. The van der Waals surface area contributed by atoms with E-state index in [1.165, 1.54) is 25.3 Å². The number of methoxy groups -OCH3 is 1. The second-order valence-electron chi connectivity index (χ2n) is 4.04. The molecule has 1 aromatic carbocycles. The van der Waals surface area contributed by atoms with Crippen molar-refractivity contribution in [1.29, 1.82) is 0 Å². The number of ketones is 1. The van der Waals surface area contributed by atoms with Crippen LogP contribution in [-0.4, -0.2) is 25.5 Å². The second kappa shape index (κ2) is 8.19. The standard InChI is InChI=1S/C15H15ClFNO4/c1-3-22-15(20)12(18)8-10(19)6-4-9-5-7-11(16)14(21-2)13(9)17/h4-8H,3,18H2,1-2H3/b6-4+,12-8-. The van der Waals surface area contributed by atoms with Gasteiger partial charge in [0.2, 0.25) is 0 Å². The van der Waals surface area contributed by atoms with Crippen LogP contribution in [0.4, 0.5) is 4.39 Å². The van der Waals surface area contributed by atoms with E-state index in [0.29, 0.717) is 0 Å². The summed E-state index contributed by atoms with van der Waals surface area (Å²) in [6, 6.07) is 2.83. The Hall–Kier alpha value is -2.34. The third-order valence-electron chi connectivity index (χ3n) is 2.52. The van der Waals surface area contributed by atoms with Crippen LogP contribution in [0.1, 0.15) is 12.5 Å². The largest absolute Gasteiger partial charge is 0.492 e. The number of nitrogens with two attached hydrogens (primary N) is 1. The van der Waals surface area contributed by atoms with Crippen LogP contribution in [0.5, 0.6) is 5.75 Å². The molecule has 0 atom stereocenters. The summed E-state index contributed by atoms with van der Waals surface area (Å²) < 4.78 is 23.4. The van der Waals surface area contributed by atoms with Gasteiger partial charge in [0.25, 0.3) is 0 Å². The SMILES string of the molecule is CCOC(=O)/C(N)=C/C(=O)/C=C/c1ccc(Cl)c(OC)c1F. The molecule has 0 saturated heterocycles. The van der Waals surface area contributed by atoms with Crippen LogP contribution < -0.4 is 10.5 Å². The van der Waals surface area contributed by atoms with Gasteiger partial charge in [0.05, 0.1) is 18.7 Å². The van der Waals surface area contributed by atoms with Crippen molar-refractivity contribution in [3.05, 3.63) is 46.4 Å². The van der Waals surface area contributed by atoms with Crippen LogP contribution in [0.3, 0.4) is 0 Å². The minimum atomic E-state index is -0.788.